The van der Waals surface area contributed by atoms with Gasteiger partial charge in [0.15, 0.2) is 6.10 Å². The Bertz CT molecular complexity index is 895. The highest BCUT2D eigenvalue weighted by Gasteiger charge is 2.15. The lowest BCUT2D eigenvalue weighted by Crippen LogP contribution is -2.28. The summed E-state index contributed by atoms with van der Waals surface area (Å²) in [6.45, 7) is 3.95. The van der Waals surface area contributed by atoms with E-state index in [0.29, 0.717) is 12.8 Å². The predicted octanol–water partition coefficient (Wildman–Crippen LogP) is 12.2. The fourth-order valence-corrected chi connectivity index (χ4v) is 5.11. The highest BCUT2D eigenvalue weighted by molar-refractivity contribution is 5.70. The molecule has 0 aromatic carbocycles. The minimum atomic E-state index is -0.802. The maximum atomic E-state index is 12.2. The average Bonchev–Trinajstić information content (AvgIpc) is 3.09. The number of hydrogen-bond donors (Lipinski definition) is 1. The Hall–Kier alpha value is -2.66. The van der Waals surface area contributed by atoms with Crippen LogP contribution in [0.2, 0.25) is 0 Å². The van der Waals surface area contributed by atoms with E-state index in [9.17, 15) is 14.7 Å². The van der Waals surface area contributed by atoms with Crippen LogP contribution in [0.15, 0.2) is 72.9 Å². The van der Waals surface area contributed by atoms with Gasteiger partial charge in [-0.1, -0.05) is 177 Å². The Morgan fingerprint density at radius 1 is 0.500 bits per heavy atom. The van der Waals surface area contributed by atoms with Gasteiger partial charge in [-0.15, -0.1) is 0 Å². The molecule has 0 aliphatic rings. The molecule has 0 rings (SSSR count). The third kappa shape index (κ3) is 36.2. The van der Waals surface area contributed by atoms with E-state index in [-0.39, 0.29) is 31.6 Å². The normalized spacial score (nSPS) is 13.0. The molecule has 5 nitrogen and oxygen atoms in total. The lowest BCUT2D eigenvalue weighted by molar-refractivity contribution is -0.161. The summed E-state index contributed by atoms with van der Waals surface area (Å²) in [6.07, 6.45) is 51.1. The SMILES string of the molecule is CCC=CCC=CCC=CCC=CCC=CCC=CCCC(=O)OC[C@H](CO)OC(=O)CCCCCCCCCCCCCCCCC. The number of aliphatic hydroxyl groups is 1. The molecule has 0 amide bonds. The minimum Gasteiger partial charge on any atom is -0.462 e. The van der Waals surface area contributed by atoms with E-state index in [1.807, 2.05) is 12.2 Å². The molecule has 0 aromatic rings. The van der Waals surface area contributed by atoms with E-state index >= 15 is 0 Å². The number of aliphatic hydroxyl groups excluding tert-OH is 1. The Labute approximate surface area is 295 Å². The fourth-order valence-electron chi connectivity index (χ4n) is 5.11. The maximum Gasteiger partial charge on any atom is 0.306 e. The van der Waals surface area contributed by atoms with Crippen molar-refractivity contribution in [2.24, 2.45) is 0 Å². The van der Waals surface area contributed by atoms with Gasteiger partial charge in [0.05, 0.1) is 6.61 Å². The van der Waals surface area contributed by atoms with Gasteiger partial charge < -0.3 is 14.6 Å². The number of carbonyl (C=O) groups excluding carboxylic acids is 2. The second-order valence-electron chi connectivity index (χ2n) is 12.6. The van der Waals surface area contributed by atoms with Gasteiger partial charge in [-0.3, -0.25) is 9.59 Å². The second-order valence-corrected chi connectivity index (χ2v) is 12.6. The van der Waals surface area contributed by atoms with Crippen LogP contribution in [0.1, 0.15) is 168 Å². The Morgan fingerprint density at radius 2 is 0.896 bits per heavy atom. The van der Waals surface area contributed by atoms with Crippen molar-refractivity contribution in [1.82, 2.24) is 0 Å². The first kappa shape index (κ1) is 45.3. The van der Waals surface area contributed by atoms with Crippen molar-refractivity contribution in [2.45, 2.75) is 174 Å². The van der Waals surface area contributed by atoms with Gasteiger partial charge in [0.25, 0.3) is 0 Å². The first-order valence-corrected chi connectivity index (χ1v) is 19.5. The molecule has 0 spiro atoms. The molecule has 0 aromatic heterocycles. The predicted molar refractivity (Wildman–Crippen MR) is 205 cm³/mol. The van der Waals surface area contributed by atoms with Crippen LogP contribution in [-0.2, 0) is 19.1 Å². The molecule has 5 heteroatoms. The van der Waals surface area contributed by atoms with Gasteiger partial charge in [-0.25, -0.2) is 0 Å². The molecule has 1 N–H and O–H groups in total. The first-order valence-electron chi connectivity index (χ1n) is 19.5. The molecular weight excluding hydrogens is 596 g/mol. The highest BCUT2D eigenvalue weighted by Crippen LogP contribution is 2.14. The summed E-state index contributed by atoms with van der Waals surface area (Å²) in [7, 11) is 0. The minimum absolute atomic E-state index is 0.107. The third-order valence-corrected chi connectivity index (χ3v) is 8.03. The molecule has 48 heavy (non-hydrogen) atoms. The van der Waals surface area contributed by atoms with Gasteiger partial charge in [-0.05, 0) is 51.4 Å². The molecule has 0 bridgehead atoms. The number of esters is 2. The van der Waals surface area contributed by atoms with E-state index in [4.69, 9.17) is 9.47 Å². The van der Waals surface area contributed by atoms with Crippen LogP contribution in [-0.4, -0.2) is 36.4 Å². The molecule has 0 saturated carbocycles. The number of ether oxygens (including phenoxy) is 2. The summed E-state index contributed by atoms with van der Waals surface area (Å²) < 4.78 is 10.5. The summed E-state index contributed by atoms with van der Waals surface area (Å²) in [5, 5.41) is 9.54. The lowest BCUT2D eigenvalue weighted by atomic mass is 10.0. The van der Waals surface area contributed by atoms with Crippen LogP contribution in [0, 0.1) is 0 Å². The van der Waals surface area contributed by atoms with E-state index in [1.165, 1.54) is 77.0 Å². The largest absolute Gasteiger partial charge is 0.462 e. The molecule has 0 fully saturated rings. The quantitative estimate of drug-likeness (QED) is 0.0420. The van der Waals surface area contributed by atoms with E-state index < -0.39 is 6.10 Å². The van der Waals surface area contributed by atoms with Crippen molar-refractivity contribution in [3.63, 3.8) is 0 Å². The molecular formula is C43H72O5. The number of rotatable bonds is 34. The van der Waals surface area contributed by atoms with Gasteiger partial charge in [0.2, 0.25) is 0 Å². The van der Waals surface area contributed by atoms with Gasteiger partial charge in [0.1, 0.15) is 6.61 Å². The first-order chi connectivity index (χ1) is 23.6. The summed E-state index contributed by atoms with van der Waals surface area (Å²) in [5.41, 5.74) is 0. The Morgan fingerprint density at radius 3 is 1.31 bits per heavy atom. The van der Waals surface area contributed by atoms with Crippen molar-refractivity contribution in [3.8, 4) is 0 Å². The van der Waals surface area contributed by atoms with Crippen LogP contribution in [0.5, 0.6) is 0 Å². The van der Waals surface area contributed by atoms with Crippen molar-refractivity contribution >= 4 is 11.9 Å². The molecule has 0 unspecified atom stereocenters. The zero-order valence-corrected chi connectivity index (χ0v) is 31.0. The summed E-state index contributed by atoms with van der Waals surface area (Å²) in [4.78, 5) is 24.2. The van der Waals surface area contributed by atoms with Crippen LogP contribution >= 0.6 is 0 Å². The Balaban J connectivity index is 3.70. The maximum absolute atomic E-state index is 12.2. The number of unbranched alkanes of at least 4 members (excludes halogenated alkanes) is 14. The van der Waals surface area contributed by atoms with Gasteiger partial charge in [-0.2, -0.15) is 0 Å². The van der Waals surface area contributed by atoms with Gasteiger partial charge in [0, 0.05) is 12.8 Å². The van der Waals surface area contributed by atoms with Crippen LogP contribution in [0.3, 0.4) is 0 Å². The third-order valence-electron chi connectivity index (χ3n) is 8.03. The van der Waals surface area contributed by atoms with Crippen molar-refractivity contribution in [2.75, 3.05) is 13.2 Å². The molecule has 0 saturated heterocycles. The molecule has 274 valence electrons. The number of allylic oxidation sites excluding steroid dienone is 12. The van der Waals surface area contributed by atoms with Crippen LogP contribution < -0.4 is 0 Å². The zero-order valence-electron chi connectivity index (χ0n) is 31.0. The molecule has 1 atom stereocenters. The smallest absolute Gasteiger partial charge is 0.306 e. The molecule has 0 heterocycles. The standard InChI is InChI=1S/C43H72O5/c1-3-5-7-9-11-13-15-17-19-20-21-22-24-25-27-29-31-33-35-37-42(45)47-40-41(39-44)48-43(46)38-36-34-32-30-28-26-23-18-16-14-12-10-8-6-4-2/h5,7,11,13,17,19,21-22,25,27,31,33,41,44H,3-4,6,8-10,12,14-16,18,20,23-24,26,28-30,32,34-40H2,1-2H3/t41-/m0/s1. The van der Waals surface area contributed by atoms with E-state index in [2.05, 4.69) is 74.6 Å². The monoisotopic (exact) mass is 669 g/mol. The average molecular weight is 669 g/mol. The summed E-state index contributed by atoms with van der Waals surface area (Å²) in [6, 6.07) is 0. The second kappa shape index (κ2) is 38.8. The van der Waals surface area contributed by atoms with Crippen LogP contribution in [0.25, 0.3) is 0 Å². The number of carbonyl (C=O) groups is 2. The molecule has 0 aliphatic heterocycles. The van der Waals surface area contributed by atoms with Crippen molar-refractivity contribution in [3.05, 3.63) is 72.9 Å². The van der Waals surface area contributed by atoms with E-state index in [0.717, 1.165) is 57.8 Å². The molecule has 0 radical (unpaired) electrons. The topological polar surface area (TPSA) is 72.8 Å². The van der Waals surface area contributed by atoms with Crippen molar-refractivity contribution < 1.29 is 24.2 Å². The summed E-state index contributed by atoms with van der Waals surface area (Å²) in [5.74, 6) is -0.691. The lowest BCUT2D eigenvalue weighted by Gasteiger charge is -2.15. The number of hydrogen-bond acceptors (Lipinski definition) is 5. The molecule has 0 aliphatic carbocycles. The van der Waals surface area contributed by atoms with Gasteiger partial charge >= 0.3 is 11.9 Å². The van der Waals surface area contributed by atoms with Crippen LogP contribution in [0.4, 0.5) is 0 Å². The van der Waals surface area contributed by atoms with Crippen molar-refractivity contribution in [1.29, 1.82) is 0 Å². The highest BCUT2D eigenvalue weighted by atomic mass is 16.6. The van der Waals surface area contributed by atoms with E-state index in [1.54, 1.807) is 0 Å². The fraction of sp³-hybridized carbons (Fsp3) is 0.674. The zero-order chi connectivity index (χ0) is 35.0. The summed E-state index contributed by atoms with van der Waals surface area (Å²) >= 11 is 0. The Kier molecular flexibility index (Phi) is 36.6.